The number of carboxylic acid groups (broad SMARTS) is 2. The first-order valence-electron chi connectivity index (χ1n) is 7.81. The molecule has 2 heterocycles. The summed E-state index contributed by atoms with van der Waals surface area (Å²) >= 11 is 0. The predicted molar refractivity (Wildman–Crippen MR) is 89.9 cm³/mol. The number of ether oxygens (including phenoxy) is 1. The van der Waals surface area contributed by atoms with E-state index in [9.17, 15) is 9.59 Å². The highest BCUT2D eigenvalue weighted by Crippen LogP contribution is 2.34. The minimum absolute atomic E-state index is 0.558. The third-order valence-corrected chi connectivity index (χ3v) is 3.89. The molecule has 3 N–H and O–H groups in total. The molecule has 130 valence electrons. The Kier molecular flexibility index (Phi) is 6.20. The summed E-state index contributed by atoms with van der Waals surface area (Å²) in [5, 5.41) is 19.1. The van der Waals surface area contributed by atoms with Crippen molar-refractivity contribution >= 4 is 17.6 Å². The van der Waals surface area contributed by atoms with E-state index >= 15 is 0 Å². The summed E-state index contributed by atoms with van der Waals surface area (Å²) < 4.78 is 5.74. The van der Waals surface area contributed by atoms with Crippen molar-refractivity contribution in [3.63, 3.8) is 0 Å². The molecule has 2 aliphatic rings. The summed E-state index contributed by atoms with van der Waals surface area (Å²) in [4.78, 5) is 21.4. The maximum atomic E-state index is 9.55. The minimum Gasteiger partial charge on any atom is -0.490 e. The number of rotatable bonds is 2. The number of fused-ring (bicyclic) bond motifs is 2. The molecule has 1 aromatic carbocycles. The van der Waals surface area contributed by atoms with Crippen molar-refractivity contribution in [2.45, 2.75) is 12.8 Å². The van der Waals surface area contributed by atoms with Crippen molar-refractivity contribution in [1.29, 1.82) is 0 Å². The van der Waals surface area contributed by atoms with Gasteiger partial charge in [-0.05, 0) is 49.2 Å². The maximum Gasteiger partial charge on any atom is 0.328 e. The lowest BCUT2D eigenvalue weighted by molar-refractivity contribution is -0.134. The minimum atomic E-state index is -1.26. The number of anilines is 1. The van der Waals surface area contributed by atoms with Gasteiger partial charge in [-0.15, -0.1) is 0 Å². The van der Waals surface area contributed by atoms with Crippen LogP contribution in [0.2, 0.25) is 0 Å². The Labute approximate surface area is 140 Å². The van der Waals surface area contributed by atoms with Crippen molar-refractivity contribution in [3.05, 3.63) is 35.4 Å². The van der Waals surface area contributed by atoms with Crippen molar-refractivity contribution in [2.24, 2.45) is 0 Å². The number of carbonyl (C=O) groups is 2. The zero-order valence-corrected chi connectivity index (χ0v) is 13.6. The molecule has 1 aromatic rings. The van der Waals surface area contributed by atoms with Gasteiger partial charge in [0.15, 0.2) is 0 Å². The van der Waals surface area contributed by atoms with Gasteiger partial charge in [0, 0.05) is 19.2 Å². The fourth-order valence-electron chi connectivity index (χ4n) is 2.66. The van der Waals surface area contributed by atoms with Gasteiger partial charge in [0.25, 0.3) is 0 Å². The molecule has 24 heavy (non-hydrogen) atoms. The van der Waals surface area contributed by atoms with Crippen molar-refractivity contribution < 1.29 is 24.5 Å². The largest absolute Gasteiger partial charge is 0.490 e. The van der Waals surface area contributed by atoms with Gasteiger partial charge in [-0.25, -0.2) is 9.59 Å². The van der Waals surface area contributed by atoms with E-state index in [1.54, 1.807) is 0 Å². The van der Waals surface area contributed by atoms with Crippen LogP contribution in [0, 0.1) is 0 Å². The Bertz CT molecular complexity index is 626. The monoisotopic (exact) mass is 334 g/mol. The van der Waals surface area contributed by atoms with E-state index in [1.807, 2.05) is 0 Å². The summed E-state index contributed by atoms with van der Waals surface area (Å²) in [6.45, 7) is 3.97. The van der Waals surface area contributed by atoms with Crippen LogP contribution in [0.4, 0.5) is 5.69 Å². The Balaban J connectivity index is 0.000000224. The second kappa shape index (κ2) is 8.35. The van der Waals surface area contributed by atoms with E-state index in [0.29, 0.717) is 12.2 Å². The molecular weight excluding hydrogens is 312 g/mol. The van der Waals surface area contributed by atoms with Gasteiger partial charge in [0.2, 0.25) is 0 Å². The zero-order valence-electron chi connectivity index (χ0n) is 13.6. The lowest BCUT2D eigenvalue weighted by Crippen LogP contribution is -2.29. The standard InChI is InChI=1S/C13H18N2O.C4H4O4/c1-15-6-7-16-13-9-11-3-5-14-4-2-10(11)8-12(13)15;5-3(6)1-2-4(7)8/h8-9,14H,2-7H2,1H3;1-2H,(H,5,6)(H,7,8)/b;2-1+. The molecule has 3 rings (SSSR count). The van der Waals surface area contributed by atoms with Crippen LogP contribution in [-0.4, -0.2) is 55.4 Å². The van der Waals surface area contributed by atoms with Crippen LogP contribution in [0.15, 0.2) is 24.3 Å². The van der Waals surface area contributed by atoms with E-state index in [2.05, 4.69) is 29.4 Å². The lowest BCUT2D eigenvalue weighted by atomic mass is 10.0. The molecule has 0 aromatic heterocycles. The molecule has 0 saturated heterocycles. The molecule has 0 aliphatic carbocycles. The predicted octanol–water partition coefficient (Wildman–Crippen LogP) is 0.915. The van der Waals surface area contributed by atoms with Crippen LogP contribution in [0.3, 0.4) is 0 Å². The van der Waals surface area contributed by atoms with Gasteiger partial charge in [0.1, 0.15) is 12.4 Å². The van der Waals surface area contributed by atoms with E-state index in [-0.39, 0.29) is 0 Å². The van der Waals surface area contributed by atoms with Crippen molar-refractivity contribution in [2.75, 3.05) is 38.2 Å². The van der Waals surface area contributed by atoms with Gasteiger partial charge in [-0.1, -0.05) is 0 Å². The van der Waals surface area contributed by atoms with Gasteiger partial charge >= 0.3 is 11.9 Å². The lowest BCUT2D eigenvalue weighted by Gasteiger charge is -2.29. The van der Waals surface area contributed by atoms with Gasteiger partial charge < -0.3 is 25.2 Å². The SMILES string of the molecule is CN1CCOc2cc3c(cc21)CCNCC3.O=C(O)/C=C/C(=O)O. The second-order valence-corrected chi connectivity index (χ2v) is 5.62. The average molecular weight is 334 g/mol. The highest BCUT2D eigenvalue weighted by Gasteiger charge is 2.18. The van der Waals surface area contributed by atoms with Gasteiger partial charge in [-0.3, -0.25) is 0 Å². The summed E-state index contributed by atoms with van der Waals surface area (Å²) in [5.41, 5.74) is 4.20. The molecule has 0 spiro atoms. The first-order valence-corrected chi connectivity index (χ1v) is 7.81. The number of aliphatic carboxylic acids is 2. The number of hydrogen-bond donors (Lipinski definition) is 3. The van der Waals surface area contributed by atoms with Crippen LogP contribution >= 0.6 is 0 Å². The highest BCUT2D eigenvalue weighted by molar-refractivity contribution is 5.89. The number of likely N-dealkylation sites (N-methyl/N-ethyl adjacent to an activating group) is 1. The van der Waals surface area contributed by atoms with Gasteiger partial charge in [-0.2, -0.15) is 0 Å². The Morgan fingerprint density at radius 3 is 2.29 bits per heavy atom. The van der Waals surface area contributed by atoms with E-state index in [0.717, 1.165) is 44.8 Å². The topological polar surface area (TPSA) is 99.1 Å². The molecule has 0 radical (unpaired) electrons. The Morgan fingerprint density at radius 1 is 1.12 bits per heavy atom. The van der Waals surface area contributed by atoms with Crippen molar-refractivity contribution in [1.82, 2.24) is 5.32 Å². The Hall–Kier alpha value is -2.54. The molecule has 0 saturated carbocycles. The molecule has 7 nitrogen and oxygen atoms in total. The average Bonchev–Trinajstić information content (AvgIpc) is 2.77. The highest BCUT2D eigenvalue weighted by atomic mass is 16.5. The normalized spacial score (nSPS) is 16.1. The molecule has 7 heteroatoms. The maximum absolute atomic E-state index is 9.55. The van der Waals surface area contributed by atoms with Crippen LogP contribution in [0.1, 0.15) is 11.1 Å². The quantitative estimate of drug-likeness (QED) is 0.692. The summed E-state index contributed by atoms with van der Waals surface area (Å²) in [6.07, 6.45) is 3.37. The third kappa shape index (κ3) is 4.99. The summed E-state index contributed by atoms with van der Waals surface area (Å²) in [6, 6.07) is 4.56. The van der Waals surface area contributed by atoms with Crippen LogP contribution in [0.5, 0.6) is 5.75 Å². The Morgan fingerprint density at radius 2 is 1.71 bits per heavy atom. The van der Waals surface area contributed by atoms with E-state index in [4.69, 9.17) is 14.9 Å². The molecule has 0 unspecified atom stereocenters. The first kappa shape index (κ1) is 17.8. The molecule has 0 amide bonds. The number of nitrogens with zero attached hydrogens (tertiary/aromatic N) is 1. The number of benzene rings is 1. The molecule has 0 fully saturated rings. The smallest absolute Gasteiger partial charge is 0.328 e. The third-order valence-electron chi connectivity index (χ3n) is 3.89. The number of carboxylic acids is 2. The van der Waals surface area contributed by atoms with Crippen LogP contribution in [0.25, 0.3) is 0 Å². The van der Waals surface area contributed by atoms with E-state index in [1.165, 1.54) is 16.8 Å². The van der Waals surface area contributed by atoms with Crippen molar-refractivity contribution in [3.8, 4) is 5.75 Å². The fraction of sp³-hybridized carbons (Fsp3) is 0.412. The fourth-order valence-corrected chi connectivity index (χ4v) is 2.66. The van der Waals surface area contributed by atoms with E-state index < -0.39 is 11.9 Å². The molecule has 0 bridgehead atoms. The number of hydrogen-bond acceptors (Lipinski definition) is 5. The zero-order chi connectivity index (χ0) is 17.5. The number of nitrogens with one attached hydrogen (secondary N) is 1. The first-order chi connectivity index (χ1) is 11.5. The van der Waals surface area contributed by atoms with Crippen LogP contribution < -0.4 is 15.0 Å². The molecule has 0 atom stereocenters. The van der Waals surface area contributed by atoms with Crippen LogP contribution in [-0.2, 0) is 22.4 Å². The van der Waals surface area contributed by atoms with Gasteiger partial charge in [0.05, 0.1) is 12.2 Å². The molecule has 2 aliphatic heterocycles. The summed E-state index contributed by atoms with van der Waals surface area (Å²) in [5.74, 6) is -1.45. The molecular formula is C17H22N2O5. The second-order valence-electron chi connectivity index (χ2n) is 5.62. The summed E-state index contributed by atoms with van der Waals surface area (Å²) in [7, 11) is 2.14.